The molecule has 0 N–H and O–H groups in total. The zero-order valence-corrected chi connectivity index (χ0v) is 23.6. The van der Waals surface area contributed by atoms with E-state index < -0.39 is 34.6 Å². The average molecular weight is 608 g/mol. The third kappa shape index (κ3) is 4.02. The molecule has 8 rings (SSSR count). The lowest BCUT2D eigenvalue weighted by Crippen LogP contribution is -2.24. The number of halogens is 5. The fraction of sp³-hybridized carbons (Fsp3) is 0.0571. The second kappa shape index (κ2) is 9.95. The van der Waals surface area contributed by atoms with Crippen LogP contribution in [0.25, 0.3) is 44.3 Å². The van der Waals surface area contributed by atoms with E-state index in [0.29, 0.717) is 12.4 Å². The van der Waals surface area contributed by atoms with Gasteiger partial charge in [-0.15, -0.1) is 0 Å². The molecule has 45 heavy (non-hydrogen) atoms. The van der Waals surface area contributed by atoms with Crippen molar-refractivity contribution in [1.82, 2.24) is 14.3 Å². The van der Waals surface area contributed by atoms with Crippen LogP contribution in [0.1, 0.15) is 0 Å². The van der Waals surface area contributed by atoms with Crippen molar-refractivity contribution >= 4 is 38.9 Å². The number of hydrogen-bond acceptors (Lipinski definition) is 3. The first-order valence-corrected chi connectivity index (χ1v) is 14.1. The van der Waals surface area contributed by atoms with Crippen molar-refractivity contribution in [3.05, 3.63) is 132 Å². The van der Waals surface area contributed by atoms with E-state index in [4.69, 9.17) is 0 Å². The van der Waals surface area contributed by atoms with Gasteiger partial charge in [-0.3, -0.25) is 0 Å². The van der Waals surface area contributed by atoms with E-state index in [1.807, 2.05) is 60.7 Å². The van der Waals surface area contributed by atoms with Crippen molar-refractivity contribution < 1.29 is 22.0 Å². The van der Waals surface area contributed by atoms with Gasteiger partial charge in [-0.05, 0) is 48.5 Å². The minimum atomic E-state index is -2.20. The number of para-hydroxylation sites is 3. The van der Waals surface area contributed by atoms with Gasteiger partial charge in [0.2, 0.25) is 5.82 Å². The number of hydrogen-bond donors (Lipinski definition) is 0. The Morgan fingerprint density at radius 1 is 0.600 bits per heavy atom. The molecule has 0 unspecified atom stereocenters. The van der Waals surface area contributed by atoms with Crippen LogP contribution in [0.3, 0.4) is 0 Å². The van der Waals surface area contributed by atoms with Gasteiger partial charge in [0.05, 0.1) is 46.5 Å². The van der Waals surface area contributed by atoms with Gasteiger partial charge < -0.3 is 14.4 Å². The zero-order valence-electron chi connectivity index (χ0n) is 23.6. The molecular formula is C35H22F5N5. The third-order valence-electron chi connectivity index (χ3n) is 8.34. The molecule has 0 aliphatic carbocycles. The number of aromatic nitrogens is 3. The van der Waals surface area contributed by atoms with E-state index in [0.717, 1.165) is 50.8 Å². The van der Waals surface area contributed by atoms with Crippen LogP contribution in [0.4, 0.5) is 39.0 Å². The van der Waals surface area contributed by atoms with Gasteiger partial charge in [-0.1, -0.05) is 42.5 Å². The van der Waals surface area contributed by atoms with Crippen LogP contribution in [-0.4, -0.2) is 28.1 Å². The van der Waals surface area contributed by atoms with E-state index in [9.17, 15) is 22.0 Å². The summed E-state index contributed by atoms with van der Waals surface area (Å²) in [4.78, 5) is 4.45. The Morgan fingerprint density at radius 2 is 1.27 bits per heavy atom. The highest BCUT2D eigenvalue weighted by molar-refractivity contribution is 6.09. The van der Waals surface area contributed by atoms with Crippen LogP contribution in [-0.2, 0) is 0 Å². The van der Waals surface area contributed by atoms with Gasteiger partial charge in [0.15, 0.2) is 23.3 Å². The third-order valence-corrected chi connectivity index (χ3v) is 8.34. The summed E-state index contributed by atoms with van der Waals surface area (Å²) in [7, 11) is 2.06. The first kappa shape index (κ1) is 26.9. The molecular weight excluding hydrogens is 585 g/mol. The van der Waals surface area contributed by atoms with Crippen molar-refractivity contribution in [1.29, 1.82) is 0 Å². The van der Waals surface area contributed by atoms with Crippen LogP contribution in [0.15, 0.2) is 103 Å². The molecule has 2 aromatic heterocycles. The standard InChI is InChI=1S/C35H22F5N5/c1-42-19-43(28-12-5-4-11-27(28)42)21-7-6-8-23(15-21)45-26-10-3-2-9-24(26)25-14-13-22(16-29(25)45)44-18-20(17-41-44)30-31(36)33(38)35(40)34(39)32(30)37/h2-18H,19H2,1H3. The van der Waals surface area contributed by atoms with E-state index in [1.165, 1.54) is 10.9 Å². The topological polar surface area (TPSA) is 29.2 Å². The molecule has 7 aromatic rings. The Hall–Kier alpha value is -5.64. The number of rotatable bonds is 4. The van der Waals surface area contributed by atoms with Crippen LogP contribution >= 0.6 is 0 Å². The molecule has 0 spiro atoms. The first-order valence-electron chi connectivity index (χ1n) is 14.1. The Bertz CT molecular complexity index is 2280. The number of benzene rings is 5. The molecule has 0 bridgehead atoms. The van der Waals surface area contributed by atoms with Crippen molar-refractivity contribution in [2.24, 2.45) is 0 Å². The molecule has 0 radical (unpaired) electrons. The minimum Gasteiger partial charge on any atom is -0.355 e. The number of nitrogens with zero attached hydrogens (tertiary/aromatic N) is 5. The van der Waals surface area contributed by atoms with Crippen LogP contribution in [0.2, 0.25) is 0 Å². The van der Waals surface area contributed by atoms with E-state index in [-0.39, 0.29) is 5.56 Å². The van der Waals surface area contributed by atoms with Crippen molar-refractivity contribution in [3.8, 4) is 22.5 Å². The summed E-state index contributed by atoms with van der Waals surface area (Å²) in [5.41, 5.74) is 5.29. The summed E-state index contributed by atoms with van der Waals surface area (Å²) < 4.78 is 74.1. The van der Waals surface area contributed by atoms with Crippen molar-refractivity contribution in [2.75, 3.05) is 23.5 Å². The fourth-order valence-electron chi connectivity index (χ4n) is 6.23. The average Bonchev–Trinajstić information content (AvgIpc) is 3.77. The Morgan fingerprint density at radius 3 is 2.07 bits per heavy atom. The summed E-state index contributed by atoms with van der Waals surface area (Å²) in [6, 6.07) is 30.1. The highest BCUT2D eigenvalue weighted by atomic mass is 19.2. The quantitative estimate of drug-likeness (QED) is 0.114. The molecule has 0 saturated heterocycles. The molecule has 3 heterocycles. The molecule has 0 atom stereocenters. The summed E-state index contributed by atoms with van der Waals surface area (Å²) in [6.07, 6.45) is 2.32. The fourth-order valence-corrected chi connectivity index (χ4v) is 6.23. The Balaban J connectivity index is 1.27. The zero-order chi connectivity index (χ0) is 31.0. The van der Waals surface area contributed by atoms with Gasteiger partial charge in [-0.25, -0.2) is 26.6 Å². The van der Waals surface area contributed by atoms with Gasteiger partial charge in [0.1, 0.15) is 0 Å². The maximum absolute atomic E-state index is 14.5. The lowest BCUT2D eigenvalue weighted by molar-refractivity contribution is 0.381. The summed E-state index contributed by atoms with van der Waals surface area (Å²) in [5.74, 6) is -10.0. The predicted octanol–water partition coefficient (Wildman–Crippen LogP) is 8.88. The van der Waals surface area contributed by atoms with E-state index in [2.05, 4.69) is 50.8 Å². The summed E-state index contributed by atoms with van der Waals surface area (Å²) >= 11 is 0. The Kier molecular flexibility index (Phi) is 5.96. The number of fused-ring (bicyclic) bond motifs is 4. The molecule has 1 aliphatic heterocycles. The Labute approximate surface area is 253 Å². The lowest BCUT2D eigenvalue weighted by Gasteiger charge is -2.21. The van der Waals surface area contributed by atoms with Gasteiger partial charge in [0.25, 0.3) is 0 Å². The van der Waals surface area contributed by atoms with E-state index in [1.54, 1.807) is 6.07 Å². The molecule has 1 aliphatic rings. The van der Waals surface area contributed by atoms with Crippen LogP contribution in [0, 0.1) is 29.1 Å². The normalized spacial score (nSPS) is 12.9. The highest BCUT2D eigenvalue weighted by Gasteiger charge is 2.28. The SMILES string of the molecule is CN1CN(c2cccc(-n3c4ccccc4c4ccc(-n5cc(-c6c(F)c(F)c(F)c(F)c6F)cn5)cc43)c2)c2ccccc21. The maximum atomic E-state index is 14.5. The summed E-state index contributed by atoms with van der Waals surface area (Å²) in [5, 5.41) is 6.21. The highest BCUT2D eigenvalue weighted by Crippen LogP contribution is 2.41. The van der Waals surface area contributed by atoms with Gasteiger partial charge in [-0.2, -0.15) is 5.10 Å². The van der Waals surface area contributed by atoms with Gasteiger partial charge >= 0.3 is 0 Å². The summed E-state index contributed by atoms with van der Waals surface area (Å²) in [6.45, 7) is 0.699. The molecule has 222 valence electrons. The molecule has 10 heteroatoms. The van der Waals surface area contributed by atoms with Crippen molar-refractivity contribution in [2.45, 2.75) is 0 Å². The maximum Gasteiger partial charge on any atom is 0.200 e. The molecule has 5 nitrogen and oxygen atoms in total. The number of anilines is 3. The van der Waals surface area contributed by atoms with E-state index >= 15 is 0 Å². The molecule has 0 saturated carbocycles. The predicted molar refractivity (Wildman–Crippen MR) is 165 cm³/mol. The smallest absolute Gasteiger partial charge is 0.200 e. The lowest BCUT2D eigenvalue weighted by atomic mass is 10.1. The largest absolute Gasteiger partial charge is 0.355 e. The van der Waals surface area contributed by atoms with Crippen molar-refractivity contribution in [3.63, 3.8) is 0 Å². The second-order valence-electron chi connectivity index (χ2n) is 10.9. The van der Waals surface area contributed by atoms with Crippen LogP contribution < -0.4 is 9.80 Å². The molecule has 0 fully saturated rings. The van der Waals surface area contributed by atoms with Crippen LogP contribution in [0.5, 0.6) is 0 Å². The molecule has 0 amide bonds. The second-order valence-corrected chi connectivity index (χ2v) is 10.9. The monoisotopic (exact) mass is 607 g/mol. The first-order chi connectivity index (χ1) is 21.8. The molecule has 5 aromatic carbocycles. The minimum absolute atomic E-state index is 0.244. The van der Waals surface area contributed by atoms with Gasteiger partial charge in [0, 0.05) is 41.0 Å².